The average molecular weight is 284 g/mol. The molecule has 1 aromatic rings. The number of anilines is 1. The first kappa shape index (κ1) is 14.4. The largest absolute Gasteiger partial charge is 0.377 e. The standard InChI is InChI=1S/C14H22ClN3O/c1-9(2)10(3)17-13-12(15)7-16-18(14(13)19)8-11-5-4-6-11/h7,9-11,17H,4-6,8H2,1-3H3. The molecule has 1 N–H and O–H groups in total. The molecule has 1 aliphatic rings. The third-order valence-corrected chi connectivity index (χ3v) is 4.31. The Morgan fingerprint density at radius 3 is 2.68 bits per heavy atom. The second-order valence-corrected chi connectivity index (χ2v) is 6.24. The molecule has 1 fully saturated rings. The van der Waals surface area contributed by atoms with Crippen molar-refractivity contribution in [2.45, 2.75) is 52.6 Å². The molecule has 19 heavy (non-hydrogen) atoms. The summed E-state index contributed by atoms with van der Waals surface area (Å²) in [6.07, 6.45) is 5.23. The van der Waals surface area contributed by atoms with E-state index in [2.05, 4.69) is 31.2 Å². The van der Waals surface area contributed by atoms with Crippen LogP contribution in [0, 0.1) is 11.8 Å². The Kier molecular flexibility index (Phi) is 4.50. The van der Waals surface area contributed by atoms with Crippen molar-refractivity contribution in [3.63, 3.8) is 0 Å². The molecule has 1 aromatic heterocycles. The van der Waals surface area contributed by atoms with Crippen molar-refractivity contribution in [1.82, 2.24) is 9.78 Å². The fraction of sp³-hybridized carbons (Fsp3) is 0.714. The number of nitrogens with one attached hydrogen (secondary N) is 1. The second kappa shape index (κ2) is 5.95. The third kappa shape index (κ3) is 3.30. The molecule has 5 heteroatoms. The van der Waals surface area contributed by atoms with Crippen molar-refractivity contribution in [3.8, 4) is 0 Å². The maximum Gasteiger partial charge on any atom is 0.291 e. The predicted molar refractivity (Wildman–Crippen MR) is 78.8 cm³/mol. The van der Waals surface area contributed by atoms with Gasteiger partial charge in [0.25, 0.3) is 5.56 Å². The van der Waals surface area contributed by atoms with E-state index in [1.165, 1.54) is 19.3 Å². The van der Waals surface area contributed by atoms with Gasteiger partial charge in [0.2, 0.25) is 0 Å². The zero-order valence-corrected chi connectivity index (χ0v) is 12.6. The van der Waals surface area contributed by atoms with Crippen LogP contribution in [0.15, 0.2) is 11.0 Å². The van der Waals surface area contributed by atoms with Crippen molar-refractivity contribution in [2.24, 2.45) is 11.8 Å². The van der Waals surface area contributed by atoms with Crippen LogP contribution in [-0.4, -0.2) is 15.8 Å². The van der Waals surface area contributed by atoms with Gasteiger partial charge in [0, 0.05) is 12.6 Å². The van der Waals surface area contributed by atoms with Gasteiger partial charge in [0.05, 0.1) is 11.2 Å². The van der Waals surface area contributed by atoms with Crippen LogP contribution in [0.3, 0.4) is 0 Å². The Morgan fingerprint density at radius 2 is 2.16 bits per heavy atom. The lowest BCUT2D eigenvalue weighted by Crippen LogP contribution is -2.33. The van der Waals surface area contributed by atoms with Crippen LogP contribution in [0.5, 0.6) is 0 Å². The molecule has 0 saturated heterocycles. The second-order valence-electron chi connectivity index (χ2n) is 5.83. The van der Waals surface area contributed by atoms with Crippen molar-refractivity contribution in [3.05, 3.63) is 21.6 Å². The number of nitrogens with zero attached hydrogens (tertiary/aromatic N) is 2. The highest BCUT2D eigenvalue weighted by molar-refractivity contribution is 6.33. The van der Waals surface area contributed by atoms with Gasteiger partial charge in [-0.25, -0.2) is 4.68 Å². The first-order chi connectivity index (χ1) is 8.99. The molecule has 0 aromatic carbocycles. The van der Waals surface area contributed by atoms with Gasteiger partial charge in [-0.05, 0) is 31.6 Å². The minimum Gasteiger partial charge on any atom is -0.377 e. The normalized spacial score (nSPS) is 17.3. The van der Waals surface area contributed by atoms with E-state index < -0.39 is 0 Å². The number of halogens is 1. The number of hydrogen-bond donors (Lipinski definition) is 1. The van der Waals surface area contributed by atoms with Crippen LogP contribution >= 0.6 is 11.6 Å². The van der Waals surface area contributed by atoms with Crippen molar-refractivity contribution in [2.75, 3.05) is 5.32 Å². The molecule has 0 amide bonds. The Hall–Kier alpha value is -1.03. The van der Waals surface area contributed by atoms with Crippen molar-refractivity contribution < 1.29 is 0 Å². The summed E-state index contributed by atoms with van der Waals surface area (Å²) in [4.78, 5) is 12.4. The highest BCUT2D eigenvalue weighted by Crippen LogP contribution is 2.27. The van der Waals surface area contributed by atoms with Gasteiger partial charge >= 0.3 is 0 Å². The van der Waals surface area contributed by atoms with E-state index in [0.717, 1.165) is 0 Å². The molecule has 1 atom stereocenters. The van der Waals surface area contributed by atoms with E-state index in [0.29, 0.717) is 29.1 Å². The Morgan fingerprint density at radius 1 is 1.47 bits per heavy atom. The predicted octanol–water partition coefficient (Wildman–Crippen LogP) is 3.15. The molecule has 1 saturated carbocycles. The summed E-state index contributed by atoms with van der Waals surface area (Å²) in [6, 6.07) is 0.199. The molecule has 1 heterocycles. The van der Waals surface area contributed by atoms with E-state index in [9.17, 15) is 4.79 Å². The third-order valence-electron chi connectivity index (χ3n) is 4.03. The first-order valence-corrected chi connectivity index (χ1v) is 7.39. The highest BCUT2D eigenvalue weighted by atomic mass is 35.5. The minimum absolute atomic E-state index is 0.105. The van der Waals surface area contributed by atoms with Gasteiger partial charge in [-0.2, -0.15) is 5.10 Å². The van der Waals surface area contributed by atoms with Gasteiger partial charge in [0.1, 0.15) is 5.69 Å². The Balaban J connectivity index is 2.21. The summed E-state index contributed by atoms with van der Waals surface area (Å²) in [5.41, 5.74) is 0.379. The van der Waals surface area contributed by atoms with Crippen LogP contribution in [0.4, 0.5) is 5.69 Å². The van der Waals surface area contributed by atoms with Gasteiger partial charge in [-0.3, -0.25) is 4.79 Å². The van der Waals surface area contributed by atoms with Crippen LogP contribution in [-0.2, 0) is 6.54 Å². The van der Waals surface area contributed by atoms with E-state index in [-0.39, 0.29) is 11.6 Å². The van der Waals surface area contributed by atoms with Gasteiger partial charge in [-0.1, -0.05) is 31.9 Å². The lowest BCUT2D eigenvalue weighted by molar-refractivity contribution is 0.262. The van der Waals surface area contributed by atoms with Gasteiger partial charge in [-0.15, -0.1) is 0 Å². The van der Waals surface area contributed by atoms with E-state index in [1.54, 1.807) is 10.9 Å². The van der Waals surface area contributed by atoms with E-state index in [1.807, 2.05) is 0 Å². The van der Waals surface area contributed by atoms with Crippen LogP contribution in [0.2, 0.25) is 5.02 Å². The monoisotopic (exact) mass is 283 g/mol. The lowest BCUT2D eigenvalue weighted by atomic mass is 9.85. The molecule has 106 valence electrons. The molecule has 0 aliphatic heterocycles. The molecule has 2 rings (SSSR count). The highest BCUT2D eigenvalue weighted by Gasteiger charge is 2.21. The molecule has 0 bridgehead atoms. The van der Waals surface area contributed by atoms with Crippen LogP contribution in [0.25, 0.3) is 0 Å². The summed E-state index contributed by atoms with van der Waals surface area (Å²) in [5, 5.41) is 7.77. The Bertz CT molecular complexity index is 494. The molecular formula is C14H22ClN3O. The quantitative estimate of drug-likeness (QED) is 0.903. The molecule has 0 spiro atoms. The fourth-order valence-corrected chi connectivity index (χ4v) is 2.22. The number of hydrogen-bond acceptors (Lipinski definition) is 3. The number of rotatable bonds is 5. The first-order valence-electron chi connectivity index (χ1n) is 7.01. The molecule has 1 unspecified atom stereocenters. The summed E-state index contributed by atoms with van der Waals surface area (Å²) < 4.78 is 1.55. The minimum atomic E-state index is -0.105. The van der Waals surface area contributed by atoms with Crippen molar-refractivity contribution in [1.29, 1.82) is 0 Å². The average Bonchev–Trinajstić information content (AvgIpc) is 2.30. The molecule has 4 nitrogen and oxygen atoms in total. The summed E-state index contributed by atoms with van der Waals surface area (Å²) >= 11 is 6.10. The smallest absolute Gasteiger partial charge is 0.291 e. The van der Waals surface area contributed by atoms with E-state index in [4.69, 9.17) is 11.6 Å². The van der Waals surface area contributed by atoms with Gasteiger partial charge < -0.3 is 5.32 Å². The zero-order valence-electron chi connectivity index (χ0n) is 11.8. The van der Waals surface area contributed by atoms with Crippen LogP contribution in [0.1, 0.15) is 40.0 Å². The summed E-state index contributed by atoms with van der Waals surface area (Å²) in [6.45, 7) is 6.98. The lowest BCUT2D eigenvalue weighted by Gasteiger charge is -2.26. The van der Waals surface area contributed by atoms with Crippen molar-refractivity contribution >= 4 is 17.3 Å². The van der Waals surface area contributed by atoms with Gasteiger partial charge in [0.15, 0.2) is 0 Å². The molecule has 1 aliphatic carbocycles. The zero-order chi connectivity index (χ0) is 14.0. The maximum atomic E-state index is 12.4. The SMILES string of the molecule is CC(C)C(C)Nc1c(Cl)cnn(CC2CCC2)c1=O. The van der Waals surface area contributed by atoms with Crippen LogP contribution < -0.4 is 10.9 Å². The van der Waals surface area contributed by atoms with E-state index >= 15 is 0 Å². The molecular weight excluding hydrogens is 262 g/mol. The maximum absolute atomic E-state index is 12.4. The Labute approximate surface area is 119 Å². The summed E-state index contributed by atoms with van der Waals surface area (Å²) in [5.74, 6) is 1.03. The fourth-order valence-electron chi connectivity index (χ4n) is 2.04. The summed E-state index contributed by atoms with van der Waals surface area (Å²) in [7, 11) is 0. The molecule has 0 radical (unpaired) electrons. The topological polar surface area (TPSA) is 46.9 Å². The number of aromatic nitrogens is 2.